The molecule has 0 saturated carbocycles. The quantitative estimate of drug-likeness (QED) is 0.575. The van der Waals surface area contributed by atoms with Crippen LogP contribution in [0.25, 0.3) is 0 Å². The highest BCUT2D eigenvalue weighted by molar-refractivity contribution is 5.51. The summed E-state index contributed by atoms with van der Waals surface area (Å²) < 4.78 is 0. The van der Waals surface area contributed by atoms with E-state index in [1.165, 1.54) is 0 Å². The third kappa shape index (κ3) is 1.79. The van der Waals surface area contributed by atoms with Crippen LogP contribution in [0.3, 0.4) is 0 Å². The number of aliphatic hydroxyl groups is 1. The average Bonchev–Trinajstić information content (AvgIpc) is 2.08. The van der Waals surface area contributed by atoms with Crippen LogP contribution in [0, 0.1) is 0 Å². The van der Waals surface area contributed by atoms with Crippen LogP contribution >= 0.6 is 0 Å². The summed E-state index contributed by atoms with van der Waals surface area (Å²) in [6.07, 6.45) is 1.77. The van der Waals surface area contributed by atoms with Crippen molar-refractivity contribution in [2.45, 2.75) is 31.4 Å². The van der Waals surface area contributed by atoms with E-state index in [0.29, 0.717) is 19.0 Å². The Morgan fingerprint density at radius 1 is 1.82 bits per heavy atom. The molecule has 0 spiro atoms. The fraction of sp³-hybridized carbons (Fsp3) is 0.875. The molecular weight excluding hydrogens is 142 g/mol. The van der Waals surface area contributed by atoms with Gasteiger partial charge in [-0.2, -0.15) is 0 Å². The first-order valence-corrected chi connectivity index (χ1v) is 3.94. The van der Waals surface area contributed by atoms with E-state index in [4.69, 9.17) is 0 Å². The van der Waals surface area contributed by atoms with Crippen molar-refractivity contribution in [3.8, 4) is 0 Å². The summed E-state index contributed by atoms with van der Waals surface area (Å²) in [5.41, 5.74) is -0.754. The van der Waals surface area contributed by atoms with Gasteiger partial charge in [0.15, 0.2) is 0 Å². The summed E-state index contributed by atoms with van der Waals surface area (Å²) >= 11 is 0. The topological polar surface area (TPSA) is 40.5 Å². The smallest absolute Gasteiger partial charge is 0.122 e. The van der Waals surface area contributed by atoms with Gasteiger partial charge in [0.25, 0.3) is 0 Å². The number of likely N-dealkylation sites (tertiary alicyclic amines) is 1. The van der Waals surface area contributed by atoms with Crippen molar-refractivity contribution in [3.05, 3.63) is 0 Å². The lowest BCUT2D eigenvalue weighted by molar-refractivity contribution is -0.111. The zero-order valence-electron chi connectivity index (χ0n) is 7.08. The number of likely N-dealkylation sites (N-methyl/N-ethyl adjacent to an activating group) is 1. The number of aldehydes is 1. The number of carbonyl (C=O) groups is 1. The van der Waals surface area contributed by atoms with Crippen LogP contribution in [0.5, 0.6) is 0 Å². The maximum Gasteiger partial charge on any atom is 0.122 e. The molecule has 2 unspecified atom stereocenters. The summed E-state index contributed by atoms with van der Waals surface area (Å²) in [5, 5.41) is 9.76. The van der Waals surface area contributed by atoms with Gasteiger partial charge >= 0.3 is 0 Å². The largest absolute Gasteiger partial charge is 0.388 e. The predicted molar refractivity (Wildman–Crippen MR) is 42.3 cm³/mol. The molecule has 0 radical (unpaired) electrons. The fourth-order valence-electron chi connectivity index (χ4n) is 1.69. The first kappa shape index (κ1) is 8.68. The molecule has 1 aliphatic heterocycles. The number of hydrogen-bond donors (Lipinski definition) is 1. The molecule has 0 aromatic rings. The lowest BCUT2D eigenvalue weighted by Gasteiger charge is -2.18. The van der Waals surface area contributed by atoms with Gasteiger partial charge < -0.3 is 14.8 Å². The number of nitrogens with zero attached hydrogens (tertiary/aromatic N) is 1. The van der Waals surface area contributed by atoms with E-state index >= 15 is 0 Å². The van der Waals surface area contributed by atoms with Gasteiger partial charge in [-0.15, -0.1) is 0 Å². The molecule has 11 heavy (non-hydrogen) atoms. The minimum atomic E-state index is -0.754. The van der Waals surface area contributed by atoms with Gasteiger partial charge in [0.05, 0.1) is 5.60 Å². The minimum absolute atomic E-state index is 0.266. The molecule has 2 atom stereocenters. The molecule has 0 aliphatic carbocycles. The number of hydrogen-bond acceptors (Lipinski definition) is 3. The molecule has 1 N–H and O–H groups in total. The first-order chi connectivity index (χ1) is 5.07. The monoisotopic (exact) mass is 157 g/mol. The van der Waals surface area contributed by atoms with Crippen molar-refractivity contribution in [1.82, 2.24) is 4.90 Å². The highest BCUT2D eigenvalue weighted by atomic mass is 16.3. The molecule has 3 heteroatoms. The second-order valence-electron chi connectivity index (χ2n) is 3.56. The Morgan fingerprint density at radius 2 is 2.45 bits per heavy atom. The minimum Gasteiger partial charge on any atom is -0.388 e. The van der Waals surface area contributed by atoms with Gasteiger partial charge in [0.1, 0.15) is 6.29 Å². The molecule has 1 heterocycles. The molecule has 0 bridgehead atoms. The Labute approximate surface area is 67.0 Å². The summed E-state index contributed by atoms with van der Waals surface area (Å²) in [5.74, 6) is 0. The number of rotatable bonds is 2. The highest BCUT2D eigenvalue weighted by Crippen LogP contribution is 2.27. The Morgan fingerprint density at radius 3 is 2.82 bits per heavy atom. The van der Waals surface area contributed by atoms with E-state index in [1.54, 1.807) is 0 Å². The van der Waals surface area contributed by atoms with Gasteiger partial charge in [0, 0.05) is 19.0 Å². The van der Waals surface area contributed by atoms with Crippen molar-refractivity contribution >= 4 is 6.29 Å². The maximum absolute atomic E-state index is 10.2. The number of carbonyl (C=O) groups excluding carboxylic acids is 1. The van der Waals surface area contributed by atoms with Gasteiger partial charge in [-0.25, -0.2) is 0 Å². The Hall–Kier alpha value is -0.410. The molecule has 1 saturated heterocycles. The van der Waals surface area contributed by atoms with Crippen LogP contribution in [0.15, 0.2) is 0 Å². The average molecular weight is 157 g/mol. The zero-order valence-corrected chi connectivity index (χ0v) is 7.08. The molecule has 1 rings (SSSR count). The molecule has 1 aliphatic rings. The lowest BCUT2D eigenvalue weighted by Crippen LogP contribution is -2.32. The van der Waals surface area contributed by atoms with Gasteiger partial charge in [-0.1, -0.05) is 0 Å². The third-order valence-electron chi connectivity index (χ3n) is 2.43. The van der Waals surface area contributed by atoms with E-state index < -0.39 is 5.60 Å². The second kappa shape index (κ2) is 2.91. The summed E-state index contributed by atoms with van der Waals surface area (Å²) in [7, 11) is 1.97. The maximum atomic E-state index is 10.2. The standard InChI is InChI=1S/C8H15NO2/c1-7-5-8(11,3-4-10)6-9(7)2/h4,7,11H,3,5-6H2,1-2H3. The Bertz CT molecular complexity index is 148. The van der Waals surface area contributed by atoms with Crippen molar-refractivity contribution in [1.29, 1.82) is 0 Å². The lowest BCUT2D eigenvalue weighted by atomic mass is 9.98. The van der Waals surface area contributed by atoms with Crippen LogP contribution in [0.2, 0.25) is 0 Å². The van der Waals surface area contributed by atoms with Crippen molar-refractivity contribution in [2.75, 3.05) is 13.6 Å². The van der Waals surface area contributed by atoms with Crippen LogP contribution < -0.4 is 0 Å². The molecule has 64 valence electrons. The third-order valence-corrected chi connectivity index (χ3v) is 2.43. The second-order valence-corrected chi connectivity index (χ2v) is 3.56. The number of β-amino-alcohol motifs (C(OH)–C–C–N with tert-alkyl or cyclic N) is 1. The van der Waals surface area contributed by atoms with Crippen LogP contribution in [-0.2, 0) is 4.79 Å². The molecule has 3 nitrogen and oxygen atoms in total. The molecule has 0 aromatic carbocycles. The van der Waals surface area contributed by atoms with Gasteiger partial charge in [0.2, 0.25) is 0 Å². The van der Waals surface area contributed by atoms with Crippen molar-refractivity contribution < 1.29 is 9.90 Å². The Balaban J connectivity index is 2.55. The van der Waals surface area contributed by atoms with E-state index in [2.05, 4.69) is 11.8 Å². The zero-order chi connectivity index (χ0) is 8.48. The van der Waals surface area contributed by atoms with Crippen LogP contribution in [0.4, 0.5) is 0 Å². The fourth-order valence-corrected chi connectivity index (χ4v) is 1.69. The highest BCUT2D eigenvalue weighted by Gasteiger charge is 2.38. The van der Waals surface area contributed by atoms with Crippen molar-refractivity contribution in [2.24, 2.45) is 0 Å². The molecule has 0 amide bonds. The van der Waals surface area contributed by atoms with Gasteiger partial charge in [-0.05, 0) is 20.4 Å². The summed E-state index contributed by atoms with van der Waals surface area (Å²) in [6.45, 7) is 2.68. The predicted octanol–water partition coefficient (Wildman–Crippen LogP) is 0.0305. The van der Waals surface area contributed by atoms with Gasteiger partial charge in [-0.3, -0.25) is 0 Å². The van der Waals surface area contributed by atoms with E-state index in [9.17, 15) is 9.90 Å². The van der Waals surface area contributed by atoms with E-state index in [0.717, 1.165) is 6.29 Å². The SMILES string of the molecule is CC1CC(O)(CC=O)CN1C. The van der Waals surface area contributed by atoms with Crippen LogP contribution in [-0.4, -0.2) is 41.5 Å². The normalized spacial score (nSPS) is 39.4. The summed E-state index contributed by atoms with van der Waals surface area (Å²) in [6, 6.07) is 0.389. The van der Waals surface area contributed by atoms with E-state index in [1.807, 2.05) is 7.05 Å². The molecule has 0 aromatic heterocycles. The van der Waals surface area contributed by atoms with Crippen molar-refractivity contribution in [3.63, 3.8) is 0 Å². The summed E-state index contributed by atoms with van der Waals surface area (Å²) in [4.78, 5) is 12.3. The van der Waals surface area contributed by atoms with E-state index in [-0.39, 0.29) is 6.42 Å². The molecule has 1 fully saturated rings. The molecular formula is C8H15NO2. The Kier molecular flexibility index (Phi) is 2.30. The van der Waals surface area contributed by atoms with Crippen LogP contribution in [0.1, 0.15) is 19.8 Å². The first-order valence-electron chi connectivity index (χ1n) is 3.94.